The Labute approximate surface area is 200 Å². The number of nitrogens with one attached hydrogen (secondary N) is 2. The molecule has 2 aromatic carbocycles. The summed E-state index contributed by atoms with van der Waals surface area (Å²) in [6.45, 7) is 1.38. The summed E-state index contributed by atoms with van der Waals surface area (Å²) in [4.78, 5) is 6.37. The molecule has 0 aliphatic heterocycles. The van der Waals surface area contributed by atoms with Gasteiger partial charge >= 0.3 is 0 Å². The van der Waals surface area contributed by atoms with Gasteiger partial charge in [0.15, 0.2) is 5.96 Å². The van der Waals surface area contributed by atoms with Crippen LogP contribution in [0, 0.1) is 5.82 Å². The molecule has 8 heteroatoms. The molecule has 0 saturated carbocycles. The third-order valence-corrected chi connectivity index (χ3v) is 4.95. The average molecular weight is 536 g/mol. The molecule has 166 valence electrons. The lowest BCUT2D eigenvalue weighted by Crippen LogP contribution is -2.42. The number of rotatable bonds is 8. The molecular weight excluding hydrogens is 506 g/mol. The van der Waals surface area contributed by atoms with Gasteiger partial charge in [0.2, 0.25) is 0 Å². The van der Waals surface area contributed by atoms with E-state index in [0.29, 0.717) is 6.54 Å². The Morgan fingerprint density at radius 1 is 1.13 bits per heavy atom. The predicted octanol–water partition coefficient (Wildman–Crippen LogP) is 3.64. The van der Waals surface area contributed by atoms with Crippen molar-refractivity contribution in [2.24, 2.45) is 4.99 Å². The molecule has 0 radical (unpaired) electrons. The Morgan fingerprint density at radius 3 is 2.52 bits per heavy atom. The molecule has 0 fully saturated rings. The smallest absolute Gasteiger partial charge is 0.191 e. The number of hydrogen-bond donors (Lipinski definition) is 2. The molecule has 0 aliphatic rings. The zero-order valence-electron chi connectivity index (χ0n) is 18.1. The minimum absolute atomic E-state index is 0. The lowest BCUT2D eigenvalue weighted by atomic mass is 10.1. The standard InChI is InChI=1S/C23H29FN6.HI/c1-25-23(27-17-22(29(2)3)19-6-4-7-20(24)16-19)26-14-12-18-8-10-21(11-9-18)30-15-5-13-28-30;/h4-11,13,15-16,22H,12,14,17H2,1-3H3,(H2,25,26,27);1H. The Hall–Kier alpha value is -2.46. The van der Waals surface area contributed by atoms with Crippen molar-refractivity contribution >= 4 is 29.9 Å². The van der Waals surface area contributed by atoms with Gasteiger partial charge in [-0.3, -0.25) is 4.99 Å². The van der Waals surface area contributed by atoms with Crippen molar-refractivity contribution in [2.75, 3.05) is 34.2 Å². The molecule has 2 N–H and O–H groups in total. The van der Waals surface area contributed by atoms with Crippen molar-refractivity contribution in [3.8, 4) is 5.69 Å². The van der Waals surface area contributed by atoms with Gasteiger partial charge in [-0.15, -0.1) is 24.0 Å². The first-order chi connectivity index (χ1) is 14.6. The van der Waals surface area contributed by atoms with E-state index in [0.717, 1.165) is 30.2 Å². The number of benzene rings is 2. The topological polar surface area (TPSA) is 57.5 Å². The fraction of sp³-hybridized carbons (Fsp3) is 0.304. The van der Waals surface area contributed by atoms with E-state index in [1.807, 2.05) is 37.1 Å². The van der Waals surface area contributed by atoms with Crippen molar-refractivity contribution in [3.05, 3.63) is 83.9 Å². The van der Waals surface area contributed by atoms with Crippen molar-refractivity contribution in [1.82, 2.24) is 25.3 Å². The summed E-state index contributed by atoms with van der Waals surface area (Å²) in [5, 5.41) is 10.9. The second-order valence-corrected chi connectivity index (χ2v) is 7.28. The first-order valence-corrected chi connectivity index (χ1v) is 10.0. The molecule has 1 aromatic heterocycles. The zero-order chi connectivity index (χ0) is 21.3. The van der Waals surface area contributed by atoms with Crippen LogP contribution in [0.25, 0.3) is 5.69 Å². The van der Waals surface area contributed by atoms with E-state index >= 15 is 0 Å². The maximum absolute atomic E-state index is 13.6. The average Bonchev–Trinajstić information content (AvgIpc) is 3.28. The molecule has 1 atom stereocenters. The number of hydrogen-bond acceptors (Lipinski definition) is 3. The second-order valence-electron chi connectivity index (χ2n) is 7.28. The van der Waals surface area contributed by atoms with E-state index in [1.54, 1.807) is 25.4 Å². The number of guanidine groups is 1. The van der Waals surface area contributed by atoms with E-state index < -0.39 is 0 Å². The van der Waals surface area contributed by atoms with E-state index in [1.165, 1.54) is 11.6 Å². The maximum Gasteiger partial charge on any atom is 0.191 e. The van der Waals surface area contributed by atoms with Gasteiger partial charge < -0.3 is 15.5 Å². The van der Waals surface area contributed by atoms with Gasteiger partial charge in [0, 0.05) is 32.5 Å². The molecule has 3 rings (SSSR count). The van der Waals surface area contributed by atoms with E-state index in [-0.39, 0.29) is 35.8 Å². The first-order valence-electron chi connectivity index (χ1n) is 10.0. The molecule has 6 nitrogen and oxygen atoms in total. The Kier molecular flexibility index (Phi) is 9.93. The SMILES string of the molecule is CN=C(NCCc1ccc(-n2cccn2)cc1)NCC(c1cccc(F)c1)N(C)C.I. The highest BCUT2D eigenvalue weighted by Crippen LogP contribution is 2.18. The molecule has 0 spiro atoms. The van der Waals surface area contributed by atoms with Gasteiger partial charge in [-0.2, -0.15) is 5.10 Å². The summed E-state index contributed by atoms with van der Waals surface area (Å²) < 4.78 is 15.4. The first kappa shape index (κ1) is 24.8. The van der Waals surface area contributed by atoms with Crippen LogP contribution in [0.3, 0.4) is 0 Å². The number of aliphatic imine (C=N–C) groups is 1. The van der Waals surface area contributed by atoms with Crippen LogP contribution in [-0.4, -0.2) is 54.9 Å². The van der Waals surface area contributed by atoms with Crippen molar-refractivity contribution in [2.45, 2.75) is 12.5 Å². The van der Waals surface area contributed by atoms with Gasteiger partial charge in [-0.25, -0.2) is 9.07 Å². The maximum atomic E-state index is 13.6. The zero-order valence-corrected chi connectivity index (χ0v) is 20.5. The third-order valence-electron chi connectivity index (χ3n) is 4.95. The van der Waals surface area contributed by atoms with Crippen LogP contribution in [0.4, 0.5) is 4.39 Å². The van der Waals surface area contributed by atoms with Crippen molar-refractivity contribution in [3.63, 3.8) is 0 Å². The predicted molar refractivity (Wildman–Crippen MR) is 135 cm³/mol. The molecule has 0 bridgehead atoms. The lowest BCUT2D eigenvalue weighted by Gasteiger charge is -2.26. The van der Waals surface area contributed by atoms with Crippen LogP contribution in [0.5, 0.6) is 0 Å². The van der Waals surface area contributed by atoms with Crippen LogP contribution in [0.1, 0.15) is 17.2 Å². The highest BCUT2D eigenvalue weighted by atomic mass is 127. The summed E-state index contributed by atoms with van der Waals surface area (Å²) >= 11 is 0. The molecular formula is C23H30FIN6. The van der Waals surface area contributed by atoms with Crippen molar-refractivity contribution < 1.29 is 4.39 Å². The fourth-order valence-electron chi connectivity index (χ4n) is 3.29. The highest BCUT2D eigenvalue weighted by molar-refractivity contribution is 14.0. The fourth-order valence-corrected chi connectivity index (χ4v) is 3.29. The van der Waals surface area contributed by atoms with E-state index in [2.05, 4.69) is 49.9 Å². The van der Waals surface area contributed by atoms with Gasteiger partial charge in [-0.05, 0) is 62.0 Å². The molecule has 31 heavy (non-hydrogen) atoms. The molecule has 0 aliphatic carbocycles. The Morgan fingerprint density at radius 2 is 1.90 bits per heavy atom. The van der Waals surface area contributed by atoms with Crippen LogP contribution in [0.2, 0.25) is 0 Å². The third kappa shape index (κ3) is 7.32. The largest absolute Gasteiger partial charge is 0.356 e. The number of halogens is 2. The number of aromatic nitrogens is 2. The molecule has 1 heterocycles. The van der Waals surface area contributed by atoms with Gasteiger partial charge in [0.1, 0.15) is 5.82 Å². The summed E-state index contributed by atoms with van der Waals surface area (Å²) in [5.74, 6) is 0.506. The van der Waals surface area contributed by atoms with Crippen LogP contribution in [0.15, 0.2) is 72.0 Å². The monoisotopic (exact) mass is 536 g/mol. The van der Waals surface area contributed by atoms with Gasteiger partial charge in [0.25, 0.3) is 0 Å². The highest BCUT2D eigenvalue weighted by Gasteiger charge is 2.15. The van der Waals surface area contributed by atoms with Gasteiger partial charge in [0.05, 0.1) is 11.7 Å². The summed E-state index contributed by atoms with van der Waals surface area (Å²) in [5.41, 5.74) is 3.21. The lowest BCUT2D eigenvalue weighted by molar-refractivity contribution is 0.297. The van der Waals surface area contributed by atoms with Crippen LogP contribution in [-0.2, 0) is 6.42 Å². The van der Waals surface area contributed by atoms with Crippen LogP contribution < -0.4 is 10.6 Å². The summed E-state index contributed by atoms with van der Waals surface area (Å²) in [6.07, 6.45) is 4.57. The molecule has 3 aromatic rings. The Balaban J connectivity index is 0.00000341. The Bertz CT molecular complexity index is 941. The number of likely N-dealkylation sites (N-methyl/N-ethyl adjacent to an activating group) is 1. The normalized spacial score (nSPS) is 12.4. The van der Waals surface area contributed by atoms with Crippen molar-refractivity contribution in [1.29, 1.82) is 0 Å². The molecule has 1 unspecified atom stereocenters. The van der Waals surface area contributed by atoms with E-state index in [9.17, 15) is 4.39 Å². The van der Waals surface area contributed by atoms with Gasteiger partial charge in [-0.1, -0.05) is 24.3 Å². The molecule has 0 saturated heterocycles. The van der Waals surface area contributed by atoms with Crippen LogP contribution >= 0.6 is 24.0 Å². The summed E-state index contributed by atoms with van der Waals surface area (Å²) in [7, 11) is 5.72. The molecule has 0 amide bonds. The quantitative estimate of drug-likeness (QED) is 0.262. The minimum atomic E-state index is -0.222. The minimum Gasteiger partial charge on any atom is -0.356 e. The second kappa shape index (κ2) is 12.4. The van der Waals surface area contributed by atoms with E-state index in [4.69, 9.17) is 0 Å². The number of nitrogens with zero attached hydrogens (tertiary/aromatic N) is 4. The summed E-state index contributed by atoms with van der Waals surface area (Å²) in [6, 6.07) is 17.0.